The van der Waals surface area contributed by atoms with E-state index >= 15 is 0 Å². The van der Waals surface area contributed by atoms with Crippen LogP contribution in [0.3, 0.4) is 0 Å². The van der Waals surface area contributed by atoms with Gasteiger partial charge in [0.15, 0.2) is 0 Å². The summed E-state index contributed by atoms with van der Waals surface area (Å²) in [5, 5.41) is 3.57. The van der Waals surface area contributed by atoms with Gasteiger partial charge in [-0.15, -0.1) is 0 Å². The topological polar surface area (TPSA) is 29.4 Å². The summed E-state index contributed by atoms with van der Waals surface area (Å²) in [5.74, 6) is 0. The van der Waals surface area contributed by atoms with Crippen molar-refractivity contribution in [2.75, 3.05) is 39.4 Å². The zero-order chi connectivity index (χ0) is 15.9. The Hall–Kier alpha value is -1.62. The summed E-state index contributed by atoms with van der Waals surface area (Å²) in [4.78, 5) is 2.49. The molecule has 0 radical (unpaired) electrons. The Morgan fingerprint density at radius 2 is 2.00 bits per heavy atom. The predicted octanol–water partition coefficient (Wildman–Crippen LogP) is 2.60. The number of hydrogen-bond acceptors (Lipinski definition) is 3. The van der Waals surface area contributed by atoms with Gasteiger partial charge in [-0.3, -0.25) is 4.90 Å². The molecule has 0 spiro atoms. The molecule has 1 aromatic heterocycles. The molecule has 1 aliphatic heterocycles. The Morgan fingerprint density at radius 1 is 1.13 bits per heavy atom. The van der Waals surface area contributed by atoms with Gasteiger partial charge < -0.3 is 14.6 Å². The van der Waals surface area contributed by atoms with Crippen LogP contribution in [-0.4, -0.2) is 48.9 Å². The minimum atomic E-state index is 0.886. The lowest BCUT2D eigenvalue weighted by molar-refractivity contribution is 0.0374. The van der Waals surface area contributed by atoms with Crippen molar-refractivity contribution in [2.24, 2.45) is 0 Å². The number of aromatic nitrogens is 1. The molecule has 0 amide bonds. The third-order valence-corrected chi connectivity index (χ3v) is 4.35. The average molecular weight is 313 g/mol. The van der Waals surface area contributed by atoms with Crippen molar-refractivity contribution in [3.05, 3.63) is 53.9 Å². The summed E-state index contributed by atoms with van der Waals surface area (Å²) >= 11 is 0. The van der Waals surface area contributed by atoms with Gasteiger partial charge in [0.1, 0.15) is 0 Å². The summed E-state index contributed by atoms with van der Waals surface area (Å²) in [7, 11) is 0. The fourth-order valence-corrected chi connectivity index (χ4v) is 3.06. The van der Waals surface area contributed by atoms with E-state index in [1.807, 2.05) is 0 Å². The molecule has 1 N–H and O–H groups in total. The van der Waals surface area contributed by atoms with Gasteiger partial charge in [0.05, 0.1) is 13.2 Å². The van der Waals surface area contributed by atoms with E-state index in [1.54, 1.807) is 0 Å². The van der Waals surface area contributed by atoms with E-state index in [0.717, 1.165) is 45.9 Å². The second kappa shape index (κ2) is 8.29. The minimum absolute atomic E-state index is 0.886. The van der Waals surface area contributed by atoms with Crippen LogP contribution in [0.25, 0.3) is 5.69 Å². The van der Waals surface area contributed by atoms with Gasteiger partial charge in [0, 0.05) is 37.2 Å². The Balaban J connectivity index is 1.45. The van der Waals surface area contributed by atoms with Crippen LogP contribution in [0.4, 0.5) is 0 Å². The normalized spacial score (nSPS) is 15.9. The second-order valence-corrected chi connectivity index (χ2v) is 6.19. The molecule has 0 unspecified atom stereocenters. The lowest BCUT2D eigenvalue weighted by atomic mass is 10.2. The maximum atomic E-state index is 5.38. The van der Waals surface area contributed by atoms with Crippen LogP contribution >= 0.6 is 0 Å². The van der Waals surface area contributed by atoms with Gasteiger partial charge >= 0.3 is 0 Å². The number of morpholine rings is 1. The molecular weight excluding hydrogens is 286 g/mol. The van der Waals surface area contributed by atoms with Crippen LogP contribution < -0.4 is 5.32 Å². The molecule has 2 heterocycles. The Kier molecular flexibility index (Phi) is 5.86. The van der Waals surface area contributed by atoms with Crippen molar-refractivity contribution in [1.29, 1.82) is 0 Å². The number of aryl methyl sites for hydroxylation is 1. The first-order valence-corrected chi connectivity index (χ1v) is 8.57. The number of rotatable bonds is 7. The summed E-state index contributed by atoms with van der Waals surface area (Å²) < 4.78 is 7.65. The highest BCUT2D eigenvalue weighted by atomic mass is 16.5. The summed E-state index contributed by atoms with van der Waals surface area (Å²) in [5.41, 5.74) is 3.84. The van der Waals surface area contributed by atoms with E-state index in [9.17, 15) is 0 Å². The minimum Gasteiger partial charge on any atom is -0.379 e. The van der Waals surface area contributed by atoms with Crippen LogP contribution in [0, 0.1) is 6.92 Å². The smallest absolute Gasteiger partial charge is 0.0594 e. The van der Waals surface area contributed by atoms with Crippen LogP contribution in [-0.2, 0) is 11.3 Å². The van der Waals surface area contributed by atoms with E-state index in [0.29, 0.717) is 0 Å². The van der Waals surface area contributed by atoms with E-state index in [2.05, 4.69) is 64.3 Å². The van der Waals surface area contributed by atoms with E-state index < -0.39 is 0 Å². The first-order valence-electron chi connectivity index (χ1n) is 8.57. The standard InChI is InChI=1S/C19H27N3O/c1-17-5-2-6-18(15-17)22-10-3-7-19(22)16-20-8-4-9-21-11-13-23-14-12-21/h2-3,5-7,10,15,20H,4,8-9,11-14,16H2,1H3. The number of ether oxygens (including phenoxy) is 1. The zero-order valence-corrected chi connectivity index (χ0v) is 14.0. The molecular formula is C19H27N3O. The van der Waals surface area contributed by atoms with Crippen LogP contribution in [0.2, 0.25) is 0 Å². The third-order valence-electron chi connectivity index (χ3n) is 4.35. The quantitative estimate of drug-likeness (QED) is 0.797. The van der Waals surface area contributed by atoms with Crippen molar-refractivity contribution in [1.82, 2.24) is 14.8 Å². The molecule has 0 aliphatic carbocycles. The molecule has 124 valence electrons. The summed E-state index contributed by atoms with van der Waals surface area (Å²) in [6, 6.07) is 12.9. The Bertz CT molecular complexity index is 602. The fraction of sp³-hybridized carbons (Fsp3) is 0.474. The van der Waals surface area contributed by atoms with E-state index in [1.165, 1.54) is 23.4 Å². The second-order valence-electron chi connectivity index (χ2n) is 6.19. The lowest BCUT2D eigenvalue weighted by Gasteiger charge is -2.26. The number of nitrogens with one attached hydrogen (secondary N) is 1. The summed E-state index contributed by atoms with van der Waals surface area (Å²) in [6.45, 7) is 9.19. The van der Waals surface area contributed by atoms with Crippen molar-refractivity contribution in [2.45, 2.75) is 19.9 Å². The number of benzene rings is 1. The maximum Gasteiger partial charge on any atom is 0.0594 e. The molecule has 0 atom stereocenters. The molecule has 2 aromatic rings. The van der Waals surface area contributed by atoms with Crippen LogP contribution in [0.5, 0.6) is 0 Å². The van der Waals surface area contributed by atoms with Gasteiger partial charge in [-0.2, -0.15) is 0 Å². The fourth-order valence-electron chi connectivity index (χ4n) is 3.06. The molecule has 1 saturated heterocycles. The molecule has 23 heavy (non-hydrogen) atoms. The average Bonchev–Trinajstić information content (AvgIpc) is 3.04. The molecule has 1 aromatic carbocycles. The van der Waals surface area contributed by atoms with Gasteiger partial charge in [0.25, 0.3) is 0 Å². The first-order chi connectivity index (χ1) is 11.3. The Morgan fingerprint density at radius 3 is 2.83 bits per heavy atom. The lowest BCUT2D eigenvalue weighted by Crippen LogP contribution is -2.37. The van der Waals surface area contributed by atoms with Crippen molar-refractivity contribution in [3.8, 4) is 5.69 Å². The highest BCUT2D eigenvalue weighted by Gasteiger charge is 2.09. The van der Waals surface area contributed by atoms with Crippen LogP contribution in [0.15, 0.2) is 42.6 Å². The van der Waals surface area contributed by atoms with Crippen molar-refractivity contribution >= 4 is 0 Å². The van der Waals surface area contributed by atoms with Crippen molar-refractivity contribution in [3.63, 3.8) is 0 Å². The molecule has 3 rings (SSSR count). The molecule has 4 nitrogen and oxygen atoms in total. The maximum absolute atomic E-state index is 5.38. The predicted molar refractivity (Wildman–Crippen MR) is 94.1 cm³/mol. The van der Waals surface area contributed by atoms with Crippen molar-refractivity contribution < 1.29 is 4.74 Å². The number of nitrogens with zero attached hydrogens (tertiary/aromatic N) is 2. The third kappa shape index (κ3) is 4.67. The highest BCUT2D eigenvalue weighted by Crippen LogP contribution is 2.14. The molecule has 1 aliphatic rings. The van der Waals surface area contributed by atoms with Gasteiger partial charge in [0.2, 0.25) is 0 Å². The van der Waals surface area contributed by atoms with E-state index in [-0.39, 0.29) is 0 Å². The molecule has 1 fully saturated rings. The van der Waals surface area contributed by atoms with Gasteiger partial charge in [-0.1, -0.05) is 12.1 Å². The molecule has 0 saturated carbocycles. The SMILES string of the molecule is Cc1cccc(-n2cccc2CNCCCN2CCOCC2)c1. The monoisotopic (exact) mass is 313 g/mol. The largest absolute Gasteiger partial charge is 0.379 e. The highest BCUT2D eigenvalue weighted by molar-refractivity contribution is 5.37. The van der Waals surface area contributed by atoms with Crippen LogP contribution in [0.1, 0.15) is 17.7 Å². The first kappa shape index (κ1) is 16.2. The summed E-state index contributed by atoms with van der Waals surface area (Å²) in [6.07, 6.45) is 3.32. The molecule has 4 heteroatoms. The van der Waals surface area contributed by atoms with Gasteiger partial charge in [-0.25, -0.2) is 0 Å². The molecule has 0 bridgehead atoms. The van der Waals surface area contributed by atoms with E-state index in [4.69, 9.17) is 4.74 Å². The number of hydrogen-bond donors (Lipinski definition) is 1. The Labute approximate surface area is 139 Å². The zero-order valence-electron chi connectivity index (χ0n) is 14.0. The van der Waals surface area contributed by atoms with Gasteiger partial charge in [-0.05, 0) is 56.3 Å².